The minimum Gasteiger partial charge on any atom is -0.351 e. The van der Waals surface area contributed by atoms with Gasteiger partial charge in [-0.05, 0) is 61.8 Å². The van der Waals surface area contributed by atoms with Crippen LogP contribution in [0.3, 0.4) is 0 Å². The van der Waals surface area contributed by atoms with Crippen LogP contribution in [0.15, 0.2) is 12.1 Å². The molecule has 0 bridgehead atoms. The molecule has 1 N–H and O–H groups in total. The molecule has 0 saturated heterocycles. The Balaban J connectivity index is 2.32. The Morgan fingerprint density at radius 3 is 2.75 bits per heavy atom. The molecule has 0 saturated carbocycles. The molecule has 1 rings (SSSR count). The molecule has 6 heteroatoms. The molecule has 1 aromatic heterocycles. The van der Waals surface area contributed by atoms with E-state index in [1.165, 1.54) is 0 Å². The molecular formula is C10H15IN4O. The SMILES string of the molecule is CN(C)CCCNC(=O)c1ccc([123I])nn1. The number of carbonyl (C=O) groups excluding carboxylic acids is 1. The van der Waals surface area contributed by atoms with Gasteiger partial charge < -0.3 is 10.2 Å². The maximum Gasteiger partial charge on any atom is 0.271 e. The van der Waals surface area contributed by atoms with Crippen molar-refractivity contribution in [1.82, 2.24) is 20.4 Å². The van der Waals surface area contributed by atoms with Gasteiger partial charge in [-0.2, -0.15) is 0 Å². The highest BCUT2D eigenvalue weighted by atomic mass is 123. The third-order valence-electron chi connectivity index (χ3n) is 1.93. The molecule has 0 spiro atoms. The molecule has 5 nitrogen and oxygen atoms in total. The lowest BCUT2D eigenvalue weighted by molar-refractivity contribution is 0.0946. The van der Waals surface area contributed by atoms with Crippen molar-refractivity contribution in [2.45, 2.75) is 6.42 Å². The van der Waals surface area contributed by atoms with Crippen LogP contribution in [0.25, 0.3) is 0 Å². The number of amides is 1. The topological polar surface area (TPSA) is 58.1 Å². The zero-order valence-corrected chi connectivity index (χ0v) is 11.6. The van der Waals surface area contributed by atoms with Crippen molar-refractivity contribution < 1.29 is 4.79 Å². The number of rotatable bonds is 5. The number of halogens is 1. The number of nitrogens with one attached hydrogen (secondary N) is 1. The molecule has 1 heterocycles. The molecule has 0 aliphatic carbocycles. The number of hydrogen-bond donors (Lipinski definition) is 1. The molecule has 88 valence electrons. The first-order valence-electron chi connectivity index (χ1n) is 5.02. The fourth-order valence-corrected chi connectivity index (χ4v) is 1.41. The maximum atomic E-state index is 11.6. The van der Waals surface area contributed by atoms with E-state index in [1.807, 2.05) is 14.1 Å². The van der Waals surface area contributed by atoms with Crippen LogP contribution < -0.4 is 5.32 Å². The van der Waals surface area contributed by atoms with Crippen molar-refractivity contribution in [2.75, 3.05) is 27.2 Å². The van der Waals surface area contributed by atoms with Crippen molar-refractivity contribution in [3.8, 4) is 0 Å². The van der Waals surface area contributed by atoms with E-state index in [0.717, 1.165) is 16.7 Å². The molecule has 0 atom stereocenters. The first-order valence-corrected chi connectivity index (χ1v) is 6.09. The Kier molecular flexibility index (Phi) is 5.61. The lowest BCUT2D eigenvalue weighted by Crippen LogP contribution is -2.28. The van der Waals surface area contributed by atoms with Gasteiger partial charge in [-0.3, -0.25) is 4.79 Å². The average Bonchev–Trinajstić information content (AvgIpc) is 2.25. The lowest BCUT2D eigenvalue weighted by Gasteiger charge is -2.09. The normalized spacial score (nSPS) is 10.5. The second kappa shape index (κ2) is 6.74. The van der Waals surface area contributed by atoms with E-state index in [4.69, 9.17) is 0 Å². The highest BCUT2D eigenvalue weighted by molar-refractivity contribution is 14.1. The van der Waals surface area contributed by atoms with E-state index in [0.29, 0.717) is 12.2 Å². The van der Waals surface area contributed by atoms with Crippen molar-refractivity contribution in [1.29, 1.82) is 0 Å². The summed E-state index contributed by atoms with van der Waals surface area (Å²) < 4.78 is 0.779. The predicted molar refractivity (Wildman–Crippen MR) is 70.3 cm³/mol. The molecule has 0 aliphatic rings. The van der Waals surface area contributed by atoms with Crippen LogP contribution in [-0.2, 0) is 0 Å². The standard InChI is InChI=1S/C10H15IN4O/c1-15(2)7-3-6-12-10(16)8-4-5-9(11)14-13-8/h4-5H,3,6-7H2,1-2H3,(H,12,16)/i11-4. The third-order valence-corrected chi connectivity index (χ3v) is 2.51. The fraction of sp³-hybridized carbons (Fsp3) is 0.500. The molecule has 0 aromatic carbocycles. The summed E-state index contributed by atoms with van der Waals surface area (Å²) in [5.74, 6) is -0.164. The Labute approximate surface area is 109 Å². The van der Waals surface area contributed by atoms with Crippen LogP contribution in [0.5, 0.6) is 0 Å². The summed E-state index contributed by atoms with van der Waals surface area (Å²) in [5.41, 5.74) is 0.366. The van der Waals surface area contributed by atoms with E-state index in [1.54, 1.807) is 12.1 Å². The van der Waals surface area contributed by atoms with Crippen LogP contribution >= 0.6 is 22.6 Å². The summed E-state index contributed by atoms with van der Waals surface area (Å²) >= 11 is 2.05. The summed E-state index contributed by atoms with van der Waals surface area (Å²) in [6, 6.07) is 3.44. The van der Waals surface area contributed by atoms with E-state index in [9.17, 15) is 4.79 Å². The first-order chi connectivity index (χ1) is 7.59. The summed E-state index contributed by atoms with van der Waals surface area (Å²) in [6.07, 6.45) is 0.927. The van der Waals surface area contributed by atoms with Crippen molar-refractivity contribution in [3.05, 3.63) is 21.5 Å². The van der Waals surface area contributed by atoms with E-state index >= 15 is 0 Å². The number of nitrogens with zero attached hydrogens (tertiary/aromatic N) is 3. The average molecular weight is 330 g/mol. The molecule has 1 amide bonds. The van der Waals surface area contributed by atoms with Gasteiger partial charge in [0.2, 0.25) is 0 Å². The first kappa shape index (κ1) is 13.3. The molecule has 0 unspecified atom stereocenters. The van der Waals surface area contributed by atoms with Gasteiger partial charge in [0.05, 0.1) is 0 Å². The lowest BCUT2D eigenvalue weighted by atomic mass is 10.3. The molecule has 16 heavy (non-hydrogen) atoms. The Morgan fingerprint density at radius 1 is 1.44 bits per heavy atom. The van der Waals surface area contributed by atoms with Gasteiger partial charge in [0.15, 0.2) is 5.69 Å². The van der Waals surface area contributed by atoms with Crippen LogP contribution in [0, 0.1) is 3.70 Å². The van der Waals surface area contributed by atoms with E-state index < -0.39 is 0 Å². The summed E-state index contributed by atoms with van der Waals surface area (Å²) in [6.45, 7) is 1.61. The van der Waals surface area contributed by atoms with Crippen molar-refractivity contribution >= 4 is 28.5 Å². The Hall–Kier alpha value is -0.760. The predicted octanol–water partition coefficient (Wildman–Crippen LogP) is 0.763. The van der Waals surface area contributed by atoms with E-state index in [2.05, 4.69) is 43.0 Å². The van der Waals surface area contributed by atoms with Gasteiger partial charge in [-0.15, -0.1) is 10.2 Å². The van der Waals surface area contributed by atoms with Crippen LogP contribution in [0.2, 0.25) is 0 Å². The number of carbonyl (C=O) groups is 1. The molecule has 0 fully saturated rings. The third kappa shape index (κ3) is 4.84. The van der Waals surface area contributed by atoms with Gasteiger partial charge in [0, 0.05) is 6.54 Å². The highest BCUT2D eigenvalue weighted by Crippen LogP contribution is 1.99. The van der Waals surface area contributed by atoms with Gasteiger partial charge in [-0.25, -0.2) is 0 Å². The van der Waals surface area contributed by atoms with Crippen LogP contribution in [0.4, 0.5) is 0 Å². The van der Waals surface area contributed by atoms with Gasteiger partial charge >= 0.3 is 0 Å². The van der Waals surface area contributed by atoms with Crippen LogP contribution in [-0.4, -0.2) is 48.2 Å². The fourth-order valence-electron chi connectivity index (χ4n) is 1.12. The molecule has 0 aliphatic heterocycles. The maximum absolute atomic E-state index is 11.6. The highest BCUT2D eigenvalue weighted by Gasteiger charge is 2.06. The Bertz CT molecular complexity index is 339. The number of aromatic nitrogens is 2. The molecular weight excluding hydrogens is 315 g/mol. The zero-order chi connectivity index (χ0) is 12.0. The minimum absolute atomic E-state index is 0.164. The minimum atomic E-state index is -0.164. The number of hydrogen-bond acceptors (Lipinski definition) is 4. The largest absolute Gasteiger partial charge is 0.351 e. The van der Waals surface area contributed by atoms with Gasteiger partial charge in [-0.1, -0.05) is 0 Å². The monoisotopic (exact) mass is 330 g/mol. The zero-order valence-electron chi connectivity index (χ0n) is 9.40. The Morgan fingerprint density at radius 2 is 2.19 bits per heavy atom. The summed E-state index contributed by atoms with van der Waals surface area (Å²) in [4.78, 5) is 13.7. The second-order valence-corrected chi connectivity index (χ2v) is 4.76. The molecule has 0 radical (unpaired) electrons. The quantitative estimate of drug-likeness (QED) is 0.640. The second-order valence-electron chi connectivity index (χ2n) is 3.65. The van der Waals surface area contributed by atoms with Gasteiger partial charge in [0.25, 0.3) is 5.91 Å². The summed E-state index contributed by atoms with van der Waals surface area (Å²) in [5, 5.41) is 10.4. The summed E-state index contributed by atoms with van der Waals surface area (Å²) in [7, 11) is 4.01. The molecule has 1 aromatic rings. The van der Waals surface area contributed by atoms with Gasteiger partial charge in [0.1, 0.15) is 3.70 Å². The van der Waals surface area contributed by atoms with E-state index in [-0.39, 0.29) is 5.91 Å². The smallest absolute Gasteiger partial charge is 0.271 e. The van der Waals surface area contributed by atoms with Crippen LogP contribution in [0.1, 0.15) is 16.9 Å². The van der Waals surface area contributed by atoms with Crippen molar-refractivity contribution in [2.24, 2.45) is 0 Å². The van der Waals surface area contributed by atoms with Crippen molar-refractivity contribution in [3.63, 3.8) is 0 Å².